The Balaban J connectivity index is 0.940. The van der Waals surface area contributed by atoms with E-state index in [4.69, 9.17) is 0 Å². The SMILES string of the molecule is C[C@]12CC[C@@H]3c4ccc(O)cc4CC[C@H]3[C@@H]1CC[C@@]2(O)CN1CCN(C(=O)[C@@H]2CCCN2C(=O)CCC2CCCC2)CC1. The Kier molecular flexibility index (Phi) is 8.03. The van der Waals surface area contributed by atoms with E-state index in [0.717, 1.165) is 77.4 Å². The van der Waals surface area contributed by atoms with Crippen LogP contribution in [0.2, 0.25) is 0 Å². The lowest BCUT2D eigenvalue weighted by atomic mass is 9.53. The topological polar surface area (TPSA) is 84.3 Å². The second-order valence-corrected chi connectivity index (χ2v) is 15.4. The number of β-amino-alcohol motifs (C(OH)–C–C–N with tert-alkyl or cyclic N) is 1. The summed E-state index contributed by atoms with van der Waals surface area (Å²) in [7, 11) is 0. The number of benzene rings is 1. The van der Waals surface area contributed by atoms with Gasteiger partial charge in [-0.25, -0.2) is 0 Å². The summed E-state index contributed by atoms with van der Waals surface area (Å²) in [6.07, 6.45) is 14.7. The number of nitrogens with zero attached hydrogens (tertiary/aromatic N) is 3. The summed E-state index contributed by atoms with van der Waals surface area (Å²) in [5, 5.41) is 22.3. The van der Waals surface area contributed by atoms with Crippen molar-refractivity contribution in [3.05, 3.63) is 29.3 Å². The Hall–Kier alpha value is -2.12. The molecular weight excluding hydrogens is 538 g/mol. The van der Waals surface area contributed by atoms with Crippen LogP contribution in [-0.4, -0.2) is 87.6 Å². The molecule has 2 N–H and O–H groups in total. The van der Waals surface area contributed by atoms with Gasteiger partial charge >= 0.3 is 0 Å². The fraction of sp³-hybridized carbons (Fsp3) is 0.778. The molecule has 0 spiro atoms. The van der Waals surface area contributed by atoms with Gasteiger partial charge in [0.15, 0.2) is 0 Å². The van der Waals surface area contributed by atoms with E-state index in [2.05, 4.69) is 17.9 Å². The highest BCUT2D eigenvalue weighted by Gasteiger charge is 2.61. The normalized spacial score (nSPS) is 36.4. The zero-order valence-electron chi connectivity index (χ0n) is 26.3. The van der Waals surface area contributed by atoms with E-state index in [-0.39, 0.29) is 23.3 Å². The molecule has 0 aromatic heterocycles. The zero-order chi connectivity index (χ0) is 29.8. The Morgan fingerprint density at radius 1 is 0.930 bits per heavy atom. The van der Waals surface area contributed by atoms with Crippen LogP contribution in [0.1, 0.15) is 107 Å². The number of hydrogen-bond acceptors (Lipinski definition) is 5. The molecule has 7 nitrogen and oxygen atoms in total. The van der Waals surface area contributed by atoms with Crippen molar-refractivity contribution in [1.82, 2.24) is 14.7 Å². The summed E-state index contributed by atoms with van der Waals surface area (Å²) in [5.74, 6) is 3.08. The quantitative estimate of drug-likeness (QED) is 0.482. The number of aromatic hydroxyl groups is 1. The van der Waals surface area contributed by atoms with Gasteiger partial charge < -0.3 is 20.0 Å². The van der Waals surface area contributed by atoms with Gasteiger partial charge in [-0.15, -0.1) is 0 Å². The van der Waals surface area contributed by atoms with Gasteiger partial charge in [-0.2, -0.15) is 0 Å². The Morgan fingerprint density at radius 3 is 2.51 bits per heavy atom. The lowest BCUT2D eigenvalue weighted by molar-refractivity contribution is -0.146. The molecular formula is C36H53N3O4. The minimum atomic E-state index is -0.696. The van der Waals surface area contributed by atoms with Crippen LogP contribution in [-0.2, 0) is 16.0 Å². The summed E-state index contributed by atoms with van der Waals surface area (Å²) in [5.41, 5.74) is 1.97. The number of phenolic OH excluding ortho intramolecular Hbond substituents is 1. The Labute approximate surface area is 258 Å². The highest BCUT2D eigenvalue weighted by atomic mass is 16.3. The number of carbonyl (C=O) groups excluding carboxylic acids is 2. The minimum absolute atomic E-state index is 0.0846. The van der Waals surface area contributed by atoms with E-state index in [1.54, 1.807) is 0 Å². The van der Waals surface area contributed by atoms with Gasteiger partial charge in [-0.1, -0.05) is 38.7 Å². The third-order valence-electron chi connectivity index (χ3n) is 13.3. The molecule has 2 saturated heterocycles. The standard InChI is InChI=1S/C36H53N3O4/c1-35-16-14-29-28-12-10-27(40)23-26(28)9-11-30(29)31(35)15-17-36(35,43)24-37-19-21-38(22-20-37)34(42)32-7-4-18-39(32)33(41)13-8-25-5-2-3-6-25/h10,12,23,25,29-32,40,43H,2-9,11,13-22,24H2,1H3/t29-,30-,31+,32+,35+,36-/m1/s1. The van der Waals surface area contributed by atoms with Gasteiger partial charge in [0.1, 0.15) is 11.8 Å². The number of aliphatic hydroxyl groups is 1. The van der Waals surface area contributed by atoms with Crippen molar-refractivity contribution < 1.29 is 19.8 Å². The number of piperazine rings is 1. The van der Waals surface area contributed by atoms with E-state index < -0.39 is 5.60 Å². The molecule has 5 fully saturated rings. The molecule has 7 rings (SSSR count). The number of aryl methyl sites for hydroxylation is 1. The molecule has 3 saturated carbocycles. The lowest BCUT2D eigenvalue weighted by Gasteiger charge is -2.54. The van der Waals surface area contributed by atoms with Crippen molar-refractivity contribution in [3.63, 3.8) is 0 Å². The molecule has 6 aliphatic rings. The highest BCUT2D eigenvalue weighted by molar-refractivity contribution is 5.88. The molecule has 1 aromatic rings. The number of phenols is 1. The maximum Gasteiger partial charge on any atom is 0.245 e. The highest BCUT2D eigenvalue weighted by Crippen LogP contribution is 2.64. The third kappa shape index (κ3) is 5.30. The van der Waals surface area contributed by atoms with Gasteiger partial charge in [0.05, 0.1) is 5.60 Å². The summed E-state index contributed by atoms with van der Waals surface area (Å²) >= 11 is 0. The molecule has 2 heterocycles. The number of hydrogen-bond donors (Lipinski definition) is 2. The fourth-order valence-electron chi connectivity index (χ4n) is 10.7. The molecule has 2 amide bonds. The van der Waals surface area contributed by atoms with Crippen molar-refractivity contribution in [2.75, 3.05) is 39.3 Å². The lowest BCUT2D eigenvalue weighted by Crippen LogP contribution is -2.60. The average molecular weight is 592 g/mol. The van der Waals surface area contributed by atoms with E-state index in [0.29, 0.717) is 55.5 Å². The molecule has 4 aliphatic carbocycles. The smallest absolute Gasteiger partial charge is 0.245 e. The number of carbonyl (C=O) groups is 2. The van der Waals surface area contributed by atoms with Gasteiger partial charge in [0.2, 0.25) is 11.8 Å². The predicted octanol–water partition coefficient (Wildman–Crippen LogP) is 5.09. The first-order valence-electron chi connectivity index (χ1n) is 17.6. The summed E-state index contributed by atoms with van der Waals surface area (Å²) < 4.78 is 0. The molecule has 0 unspecified atom stereocenters. The van der Waals surface area contributed by atoms with Gasteiger partial charge in [-0.05, 0) is 105 Å². The maximum absolute atomic E-state index is 13.6. The minimum Gasteiger partial charge on any atom is -0.508 e. The van der Waals surface area contributed by atoms with E-state index in [1.165, 1.54) is 36.8 Å². The summed E-state index contributed by atoms with van der Waals surface area (Å²) in [6.45, 7) is 6.74. The van der Waals surface area contributed by atoms with Crippen molar-refractivity contribution in [1.29, 1.82) is 0 Å². The van der Waals surface area contributed by atoms with Crippen LogP contribution in [0.4, 0.5) is 0 Å². The first-order chi connectivity index (χ1) is 20.8. The molecule has 0 radical (unpaired) electrons. The van der Waals surface area contributed by atoms with E-state index in [9.17, 15) is 19.8 Å². The van der Waals surface area contributed by atoms with Crippen molar-refractivity contribution >= 4 is 11.8 Å². The summed E-state index contributed by atoms with van der Waals surface area (Å²) in [6, 6.07) is 5.70. The first kappa shape index (κ1) is 29.6. The van der Waals surface area contributed by atoms with Crippen LogP contribution in [0.5, 0.6) is 5.75 Å². The number of likely N-dealkylation sites (tertiary alicyclic amines) is 1. The summed E-state index contributed by atoms with van der Waals surface area (Å²) in [4.78, 5) is 33.0. The average Bonchev–Trinajstić information content (AvgIpc) is 3.76. The molecule has 0 bridgehead atoms. The van der Waals surface area contributed by atoms with Crippen LogP contribution in [0.3, 0.4) is 0 Å². The zero-order valence-corrected chi connectivity index (χ0v) is 26.3. The maximum atomic E-state index is 13.6. The fourth-order valence-corrected chi connectivity index (χ4v) is 10.7. The van der Waals surface area contributed by atoms with Gasteiger partial charge in [-0.3, -0.25) is 14.5 Å². The van der Waals surface area contributed by atoms with Crippen LogP contribution in [0, 0.1) is 23.2 Å². The van der Waals surface area contributed by atoms with Crippen molar-refractivity contribution in [2.24, 2.45) is 23.2 Å². The monoisotopic (exact) mass is 591 g/mol. The van der Waals surface area contributed by atoms with E-state index in [1.807, 2.05) is 21.9 Å². The molecule has 236 valence electrons. The van der Waals surface area contributed by atoms with Gasteiger partial charge in [0.25, 0.3) is 0 Å². The predicted molar refractivity (Wildman–Crippen MR) is 167 cm³/mol. The second-order valence-electron chi connectivity index (χ2n) is 15.4. The first-order valence-corrected chi connectivity index (χ1v) is 17.6. The third-order valence-corrected chi connectivity index (χ3v) is 13.3. The Bertz CT molecular complexity index is 1210. The largest absolute Gasteiger partial charge is 0.508 e. The molecule has 6 atom stereocenters. The molecule has 1 aromatic carbocycles. The van der Waals surface area contributed by atoms with Crippen LogP contribution in [0.15, 0.2) is 18.2 Å². The molecule has 2 aliphatic heterocycles. The van der Waals surface area contributed by atoms with Gasteiger partial charge in [0, 0.05) is 51.1 Å². The van der Waals surface area contributed by atoms with Crippen LogP contribution >= 0.6 is 0 Å². The molecule has 43 heavy (non-hydrogen) atoms. The van der Waals surface area contributed by atoms with Crippen molar-refractivity contribution in [2.45, 2.75) is 114 Å². The van der Waals surface area contributed by atoms with Crippen LogP contribution in [0.25, 0.3) is 0 Å². The number of rotatable bonds is 6. The van der Waals surface area contributed by atoms with E-state index >= 15 is 0 Å². The number of fused-ring (bicyclic) bond motifs is 5. The number of amides is 2. The Morgan fingerprint density at radius 2 is 1.72 bits per heavy atom. The van der Waals surface area contributed by atoms with Crippen LogP contribution < -0.4 is 0 Å². The molecule has 7 heteroatoms. The second kappa shape index (κ2) is 11.7. The van der Waals surface area contributed by atoms with Crippen molar-refractivity contribution in [3.8, 4) is 5.75 Å².